The maximum atomic E-state index is 13.6. The lowest BCUT2D eigenvalue weighted by Gasteiger charge is -2.22. The van der Waals surface area contributed by atoms with E-state index in [0.29, 0.717) is 33.0 Å². The van der Waals surface area contributed by atoms with Gasteiger partial charge in [0.2, 0.25) is 11.2 Å². The summed E-state index contributed by atoms with van der Waals surface area (Å²) in [5.41, 5.74) is 2.90. The third-order valence-corrected chi connectivity index (χ3v) is 6.46. The molecule has 7 nitrogen and oxygen atoms in total. The van der Waals surface area contributed by atoms with Gasteiger partial charge in [-0.25, -0.2) is 4.79 Å². The zero-order valence-electron chi connectivity index (χ0n) is 20.6. The molecule has 37 heavy (non-hydrogen) atoms. The number of carbonyl (C=O) groups is 1. The van der Waals surface area contributed by atoms with E-state index in [1.165, 1.54) is 18.2 Å². The van der Waals surface area contributed by atoms with Crippen LogP contribution >= 0.6 is 11.6 Å². The summed E-state index contributed by atoms with van der Waals surface area (Å²) in [5.74, 6) is -0.331. The van der Waals surface area contributed by atoms with Crippen LogP contribution in [-0.2, 0) is 23.4 Å². The molecule has 0 bridgehead atoms. The maximum absolute atomic E-state index is 13.6. The molecule has 190 valence electrons. The van der Waals surface area contributed by atoms with Gasteiger partial charge in [-0.1, -0.05) is 56.6 Å². The van der Waals surface area contributed by atoms with Gasteiger partial charge in [-0.05, 0) is 41.3 Å². The highest BCUT2D eigenvalue weighted by molar-refractivity contribution is 6.31. The first-order chi connectivity index (χ1) is 17.6. The summed E-state index contributed by atoms with van der Waals surface area (Å²) in [6.45, 7) is 6.49. The number of fused-ring (bicyclic) bond motifs is 2. The molecular formula is C29H25ClO7. The predicted octanol–water partition coefficient (Wildman–Crippen LogP) is 6.55. The Kier molecular flexibility index (Phi) is 6.43. The molecule has 0 radical (unpaired) electrons. The third-order valence-electron chi connectivity index (χ3n) is 6.23. The quantitative estimate of drug-likeness (QED) is 0.318. The van der Waals surface area contributed by atoms with E-state index in [4.69, 9.17) is 30.2 Å². The monoisotopic (exact) mass is 520 g/mol. The van der Waals surface area contributed by atoms with Crippen molar-refractivity contribution in [2.45, 2.75) is 39.4 Å². The van der Waals surface area contributed by atoms with Gasteiger partial charge >= 0.3 is 5.97 Å². The minimum Gasteiger partial charge on any atom is -0.481 e. The highest BCUT2D eigenvalue weighted by atomic mass is 35.5. The minimum absolute atomic E-state index is 0.000173. The summed E-state index contributed by atoms with van der Waals surface area (Å²) >= 11 is 6.15. The molecule has 0 unspecified atom stereocenters. The van der Waals surface area contributed by atoms with Gasteiger partial charge in [-0.3, -0.25) is 4.79 Å². The maximum Gasteiger partial charge on any atom is 0.335 e. The molecule has 1 N–H and O–H groups in total. The van der Waals surface area contributed by atoms with Crippen molar-refractivity contribution in [1.29, 1.82) is 0 Å². The second-order valence-electron chi connectivity index (χ2n) is 9.89. The molecule has 0 spiro atoms. The van der Waals surface area contributed by atoms with Crippen LogP contribution in [0, 0.1) is 0 Å². The van der Waals surface area contributed by atoms with Gasteiger partial charge in [0, 0.05) is 21.7 Å². The zero-order valence-corrected chi connectivity index (χ0v) is 21.3. The lowest BCUT2D eigenvalue weighted by molar-refractivity contribution is -0.0176. The Morgan fingerprint density at radius 2 is 1.84 bits per heavy atom. The van der Waals surface area contributed by atoms with Crippen molar-refractivity contribution in [2.75, 3.05) is 6.79 Å². The van der Waals surface area contributed by atoms with Gasteiger partial charge < -0.3 is 23.7 Å². The van der Waals surface area contributed by atoms with Crippen molar-refractivity contribution in [1.82, 2.24) is 0 Å². The summed E-state index contributed by atoms with van der Waals surface area (Å²) in [6.07, 6.45) is 0. The molecule has 5 rings (SSSR count). The summed E-state index contributed by atoms with van der Waals surface area (Å²) in [6, 6.07) is 15.6. The van der Waals surface area contributed by atoms with Gasteiger partial charge in [0.15, 0.2) is 12.6 Å². The van der Waals surface area contributed by atoms with Gasteiger partial charge in [0.1, 0.15) is 17.9 Å². The molecule has 0 aliphatic carbocycles. The fourth-order valence-corrected chi connectivity index (χ4v) is 4.45. The Hall–Kier alpha value is -3.81. The van der Waals surface area contributed by atoms with Gasteiger partial charge in [0.05, 0.1) is 17.6 Å². The number of ether oxygens (including phenoxy) is 3. The van der Waals surface area contributed by atoms with E-state index < -0.39 is 5.97 Å². The second-order valence-corrected chi connectivity index (χ2v) is 10.3. The Bertz CT molecular complexity index is 1560. The highest BCUT2D eigenvalue weighted by Gasteiger charge is 2.23. The van der Waals surface area contributed by atoms with Crippen molar-refractivity contribution in [3.63, 3.8) is 0 Å². The molecule has 1 aromatic heterocycles. The standard InChI is InChI=1S/C29H25ClO7/c1-29(2,3)20-6-4-16(5-7-20)26-27(24(31)22-12-21(30)8-9-23(22)37-26)35-14-19-11-17(28(32)33)10-18-13-34-15-36-25(18)19/h4-12H,13-15H2,1-3H3,(H,32,33). The Morgan fingerprint density at radius 1 is 1.08 bits per heavy atom. The Labute approximate surface area is 218 Å². The van der Waals surface area contributed by atoms with Crippen LogP contribution < -0.4 is 14.9 Å². The molecule has 4 aromatic rings. The fourth-order valence-electron chi connectivity index (χ4n) is 4.27. The molecule has 1 aliphatic heterocycles. The lowest BCUT2D eigenvalue weighted by Crippen LogP contribution is -2.16. The number of benzene rings is 3. The van der Waals surface area contributed by atoms with Crippen LogP contribution in [0.5, 0.6) is 11.5 Å². The first-order valence-corrected chi connectivity index (χ1v) is 12.1. The summed E-state index contributed by atoms with van der Waals surface area (Å²) in [7, 11) is 0. The second kappa shape index (κ2) is 9.57. The highest BCUT2D eigenvalue weighted by Crippen LogP contribution is 2.35. The van der Waals surface area contributed by atoms with E-state index in [2.05, 4.69) is 20.8 Å². The van der Waals surface area contributed by atoms with Crippen LogP contribution in [0.1, 0.15) is 47.8 Å². The smallest absolute Gasteiger partial charge is 0.335 e. The fraction of sp³-hybridized carbons (Fsp3) is 0.241. The number of aromatic carboxylic acids is 1. The SMILES string of the molecule is CC(C)(C)c1ccc(-c2oc3ccc(Cl)cc3c(=O)c2OCc2cc(C(=O)O)cc3c2OCOC3)cc1. The van der Waals surface area contributed by atoms with Crippen molar-refractivity contribution >= 4 is 28.5 Å². The topological polar surface area (TPSA) is 95.2 Å². The van der Waals surface area contributed by atoms with E-state index in [9.17, 15) is 14.7 Å². The molecular weight excluding hydrogens is 496 g/mol. The first-order valence-electron chi connectivity index (χ1n) is 11.7. The van der Waals surface area contributed by atoms with Gasteiger partial charge in [-0.15, -0.1) is 0 Å². The van der Waals surface area contributed by atoms with Crippen LogP contribution in [0.2, 0.25) is 5.02 Å². The van der Waals surface area contributed by atoms with E-state index >= 15 is 0 Å². The van der Waals surface area contributed by atoms with Crippen LogP contribution in [-0.4, -0.2) is 17.9 Å². The van der Waals surface area contributed by atoms with E-state index in [-0.39, 0.29) is 53.3 Å². The van der Waals surface area contributed by atoms with E-state index in [1.54, 1.807) is 12.1 Å². The van der Waals surface area contributed by atoms with Crippen molar-refractivity contribution in [2.24, 2.45) is 0 Å². The number of rotatable bonds is 5. The van der Waals surface area contributed by atoms with Crippen molar-refractivity contribution in [3.8, 4) is 22.8 Å². The lowest BCUT2D eigenvalue weighted by atomic mass is 9.86. The van der Waals surface area contributed by atoms with Crippen LogP contribution in [0.4, 0.5) is 0 Å². The summed E-state index contributed by atoms with van der Waals surface area (Å²) < 4.78 is 23.2. The molecule has 0 saturated carbocycles. The largest absolute Gasteiger partial charge is 0.481 e. The number of halogens is 1. The van der Waals surface area contributed by atoms with Gasteiger partial charge in [-0.2, -0.15) is 0 Å². The number of carboxylic acids is 1. The molecule has 2 heterocycles. The Balaban J connectivity index is 1.62. The molecule has 0 fully saturated rings. The van der Waals surface area contributed by atoms with Crippen LogP contribution in [0.15, 0.2) is 63.8 Å². The molecule has 3 aromatic carbocycles. The molecule has 1 aliphatic rings. The number of carboxylic acid groups (broad SMARTS) is 1. The predicted molar refractivity (Wildman–Crippen MR) is 140 cm³/mol. The normalized spacial score (nSPS) is 13.2. The van der Waals surface area contributed by atoms with Crippen molar-refractivity contribution in [3.05, 3.63) is 92.1 Å². The minimum atomic E-state index is -1.09. The molecule has 0 amide bonds. The van der Waals surface area contributed by atoms with E-state index in [0.717, 1.165) is 5.56 Å². The number of hydrogen-bond acceptors (Lipinski definition) is 6. The summed E-state index contributed by atoms with van der Waals surface area (Å²) in [5, 5.41) is 10.2. The third kappa shape index (κ3) is 4.92. The van der Waals surface area contributed by atoms with Gasteiger partial charge in [0.25, 0.3) is 0 Å². The average molecular weight is 521 g/mol. The zero-order chi connectivity index (χ0) is 26.3. The van der Waals surface area contributed by atoms with Crippen LogP contribution in [0.25, 0.3) is 22.3 Å². The first kappa shape index (κ1) is 24.9. The van der Waals surface area contributed by atoms with Crippen LogP contribution in [0.3, 0.4) is 0 Å². The average Bonchev–Trinajstić information content (AvgIpc) is 2.87. The van der Waals surface area contributed by atoms with Crippen molar-refractivity contribution < 1.29 is 28.5 Å². The molecule has 0 atom stereocenters. The molecule has 8 heteroatoms. The summed E-state index contributed by atoms with van der Waals surface area (Å²) in [4.78, 5) is 25.3. The molecule has 0 saturated heterocycles. The number of hydrogen-bond donors (Lipinski definition) is 1. The van der Waals surface area contributed by atoms with E-state index in [1.807, 2.05) is 24.3 Å². The Morgan fingerprint density at radius 3 is 2.54 bits per heavy atom.